The first-order valence-electron chi connectivity index (χ1n) is 25.5. The molecule has 0 radical (unpaired) electrons. The summed E-state index contributed by atoms with van der Waals surface area (Å²) in [5, 5.41) is 17.3. The molecule has 18 heteroatoms. The van der Waals surface area contributed by atoms with E-state index in [1.165, 1.54) is 4.90 Å². The summed E-state index contributed by atoms with van der Waals surface area (Å²) < 4.78 is 34.9. The van der Waals surface area contributed by atoms with Gasteiger partial charge in [-0.1, -0.05) is 51.1 Å². The first-order chi connectivity index (χ1) is 35.0. The second-order valence-corrected chi connectivity index (χ2v) is 21.6. The van der Waals surface area contributed by atoms with E-state index in [-0.39, 0.29) is 38.3 Å². The molecule has 3 fully saturated rings. The van der Waals surface area contributed by atoms with Crippen molar-refractivity contribution in [3.8, 4) is 21.9 Å². The minimum absolute atomic E-state index is 0.0341. The van der Waals surface area contributed by atoms with Gasteiger partial charge in [-0.05, 0) is 124 Å². The third-order valence-corrected chi connectivity index (χ3v) is 14.7. The number of thiazole rings is 1. The number of aliphatic hydroxyl groups excluding tert-OH is 1. The van der Waals surface area contributed by atoms with Gasteiger partial charge in [-0.3, -0.25) is 19.2 Å². The highest BCUT2D eigenvalue weighted by molar-refractivity contribution is 7.13. The molecule has 5 aromatic rings. The fourth-order valence-corrected chi connectivity index (χ4v) is 10.1. The van der Waals surface area contributed by atoms with Gasteiger partial charge >= 0.3 is 0 Å². The number of carbonyl (C=O) groups is 4. The molecule has 0 spiro atoms. The van der Waals surface area contributed by atoms with Crippen molar-refractivity contribution in [2.75, 3.05) is 40.0 Å². The average molecular weight is 1020 g/mol. The summed E-state index contributed by atoms with van der Waals surface area (Å²) in [5.74, 6) is -0.688. The number of ether oxygens (including phenoxy) is 3. The lowest BCUT2D eigenvalue weighted by Gasteiger charge is -2.35. The molecule has 2 aromatic heterocycles. The maximum atomic E-state index is 14.7. The molecule has 4 N–H and O–H groups in total. The number of β-amino-alcohol motifs (C(OH)–C–C–N with tert-alkyl or cyclic N) is 1. The fraction of sp³-hybridized carbons (Fsp3) is 0.509. The van der Waals surface area contributed by atoms with Gasteiger partial charge in [0, 0.05) is 61.9 Å². The third-order valence-electron chi connectivity index (χ3n) is 13.7. The molecule has 73 heavy (non-hydrogen) atoms. The molecular weight excluding hydrogens is 954 g/mol. The van der Waals surface area contributed by atoms with E-state index in [9.17, 15) is 28.7 Å². The number of carbonyl (C=O) groups excluding carboxylic acids is 4. The number of amides is 4. The highest BCUT2D eigenvalue weighted by atomic mass is 32.1. The zero-order valence-corrected chi connectivity index (χ0v) is 43.4. The van der Waals surface area contributed by atoms with E-state index in [4.69, 9.17) is 19.0 Å². The standard InChI is InChI=1S/C55H70FN7O9S/c1-36-48(73-35-58-36)39-16-18-41(32-57-51(66)45-31-42(64)34-63(45)52(67)49(54(2,3)4)59-53(68)55(56)20-21-55)46(30-39)70-25-9-6-8-22-61(5)33-37-12-11-13-43(28-37)69-27-24-62-23-19-38-15-17-40(29-44(38)62)50(65)60-72-47-14-7-10-26-71-47/h11-13,15-19,23,28-30,35,42,45,47,49,64H,6-10,14,20-22,24-27,31-34H2,1-5H3,(H,57,66)(H,59,68)(H,60,65)/t42-,45+,47?,49-/m1/s1. The van der Waals surface area contributed by atoms with Gasteiger partial charge in [0.25, 0.3) is 11.8 Å². The van der Waals surface area contributed by atoms with Gasteiger partial charge in [0.05, 0.1) is 35.3 Å². The fourth-order valence-electron chi connectivity index (χ4n) is 9.30. The highest BCUT2D eigenvalue weighted by Crippen LogP contribution is 2.41. The van der Waals surface area contributed by atoms with Gasteiger partial charge in [0.15, 0.2) is 12.0 Å². The number of hydrogen-bond donors (Lipinski definition) is 4. The Hall–Kier alpha value is -5.92. The minimum atomic E-state index is -1.97. The lowest BCUT2D eigenvalue weighted by Crippen LogP contribution is -2.59. The number of benzene rings is 3. The number of likely N-dealkylation sites (tertiary alicyclic amines) is 1. The van der Waals surface area contributed by atoms with Crippen molar-refractivity contribution in [3.63, 3.8) is 0 Å². The maximum Gasteiger partial charge on any atom is 0.275 e. The quantitative estimate of drug-likeness (QED) is 0.0373. The predicted octanol–water partition coefficient (Wildman–Crippen LogP) is 7.63. The van der Waals surface area contributed by atoms with Crippen molar-refractivity contribution in [2.45, 2.75) is 135 Å². The smallest absolute Gasteiger partial charge is 0.275 e. The molecule has 2 saturated heterocycles. The molecule has 2 aliphatic heterocycles. The van der Waals surface area contributed by atoms with Crippen LogP contribution in [-0.2, 0) is 43.6 Å². The van der Waals surface area contributed by atoms with Gasteiger partial charge in [-0.15, -0.1) is 11.3 Å². The Balaban J connectivity index is 0.792. The molecule has 16 nitrogen and oxygen atoms in total. The molecule has 8 rings (SSSR count). The molecule has 1 aliphatic carbocycles. The van der Waals surface area contributed by atoms with Crippen molar-refractivity contribution in [1.82, 2.24) is 35.5 Å². The zero-order valence-electron chi connectivity index (χ0n) is 42.6. The van der Waals surface area contributed by atoms with Crippen LogP contribution in [0.2, 0.25) is 0 Å². The Morgan fingerprint density at radius 1 is 1.01 bits per heavy atom. The summed E-state index contributed by atoms with van der Waals surface area (Å²) >= 11 is 1.54. The summed E-state index contributed by atoms with van der Waals surface area (Å²) in [6.07, 6.45) is 6.38. The van der Waals surface area contributed by atoms with Crippen molar-refractivity contribution >= 4 is 45.9 Å². The van der Waals surface area contributed by atoms with Gasteiger partial charge in [0.1, 0.15) is 30.2 Å². The monoisotopic (exact) mass is 1020 g/mol. The number of rotatable bonds is 23. The molecule has 1 saturated carbocycles. The van der Waals surface area contributed by atoms with Gasteiger partial charge in [-0.2, -0.15) is 0 Å². The number of hydroxylamine groups is 1. The zero-order chi connectivity index (χ0) is 51.7. The van der Waals surface area contributed by atoms with Crippen LogP contribution in [0.5, 0.6) is 11.5 Å². The van der Waals surface area contributed by atoms with Gasteiger partial charge in [0.2, 0.25) is 11.8 Å². The number of aliphatic hydroxyl groups is 1. The number of aromatic nitrogens is 2. The summed E-state index contributed by atoms with van der Waals surface area (Å²) in [5.41, 5.74) is 6.81. The predicted molar refractivity (Wildman–Crippen MR) is 276 cm³/mol. The van der Waals surface area contributed by atoms with Crippen LogP contribution in [0.3, 0.4) is 0 Å². The number of hydrogen-bond acceptors (Lipinski definition) is 12. The number of nitrogens with one attached hydrogen (secondary N) is 3. The Labute approximate surface area is 430 Å². The molecule has 4 heterocycles. The lowest BCUT2D eigenvalue weighted by atomic mass is 9.85. The minimum Gasteiger partial charge on any atom is -0.493 e. The first-order valence-corrected chi connectivity index (χ1v) is 26.4. The van der Waals surface area contributed by atoms with Crippen LogP contribution in [-0.4, -0.2) is 118 Å². The summed E-state index contributed by atoms with van der Waals surface area (Å²) in [6, 6.07) is 19.6. The molecule has 4 atom stereocenters. The van der Waals surface area contributed by atoms with E-state index in [1.54, 1.807) is 43.7 Å². The molecule has 0 bridgehead atoms. The van der Waals surface area contributed by atoms with Crippen LogP contribution in [0, 0.1) is 12.3 Å². The number of nitrogens with zero attached hydrogens (tertiary/aromatic N) is 4. The van der Waals surface area contributed by atoms with Crippen LogP contribution in [0.1, 0.15) is 106 Å². The summed E-state index contributed by atoms with van der Waals surface area (Å²) in [6.45, 7) is 11.1. The third kappa shape index (κ3) is 14.0. The first kappa shape index (κ1) is 53.4. The molecule has 3 aliphatic rings. The van der Waals surface area contributed by atoms with Crippen LogP contribution in [0.25, 0.3) is 21.3 Å². The normalized spacial score (nSPS) is 18.9. The largest absolute Gasteiger partial charge is 0.493 e. The number of unbranched alkanes of at least 4 members (excludes halogenated alkanes) is 2. The van der Waals surface area contributed by atoms with Crippen LogP contribution in [0.15, 0.2) is 78.4 Å². The van der Waals surface area contributed by atoms with Crippen molar-refractivity contribution in [3.05, 3.63) is 101 Å². The van der Waals surface area contributed by atoms with Crippen LogP contribution >= 0.6 is 11.3 Å². The second-order valence-electron chi connectivity index (χ2n) is 20.7. The molecular formula is C55H70FN7O9S. The van der Waals surface area contributed by atoms with E-state index in [2.05, 4.69) is 49.7 Å². The van der Waals surface area contributed by atoms with Crippen molar-refractivity contribution in [2.24, 2.45) is 5.41 Å². The average Bonchev–Trinajstić information content (AvgIpc) is 3.61. The Morgan fingerprint density at radius 3 is 2.60 bits per heavy atom. The van der Waals surface area contributed by atoms with Gasteiger partial charge < -0.3 is 44.3 Å². The molecule has 3 aromatic carbocycles. The van der Waals surface area contributed by atoms with E-state index in [0.717, 1.165) is 95.5 Å². The second kappa shape index (κ2) is 24.0. The van der Waals surface area contributed by atoms with Gasteiger partial charge in [-0.25, -0.2) is 19.7 Å². The summed E-state index contributed by atoms with van der Waals surface area (Å²) in [4.78, 5) is 67.9. The number of halogens is 1. The number of fused-ring (bicyclic) bond motifs is 1. The SMILES string of the molecule is Cc1ncsc1-c1ccc(CNC(=O)[C@@H]2C[C@@H](O)CN2C(=O)[C@@H](NC(=O)C2(F)CC2)C(C)(C)C)c(OCCCCCN(C)Cc2cccc(OCCn3ccc4ccc(C(=O)NOC5CCCCO5)cc43)c2)c1. The van der Waals surface area contributed by atoms with Crippen LogP contribution < -0.4 is 25.6 Å². The highest BCUT2D eigenvalue weighted by Gasteiger charge is 2.53. The molecule has 392 valence electrons. The van der Waals surface area contributed by atoms with E-state index in [1.807, 2.05) is 61.7 Å². The Bertz CT molecular complexity index is 2710. The van der Waals surface area contributed by atoms with E-state index >= 15 is 0 Å². The Morgan fingerprint density at radius 2 is 1.85 bits per heavy atom. The van der Waals surface area contributed by atoms with E-state index < -0.39 is 53.3 Å². The number of alkyl halides is 1. The number of aryl methyl sites for hydroxylation is 1. The Kier molecular flexibility index (Phi) is 17.5. The molecule has 1 unspecified atom stereocenters. The lowest BCUT2D eigenvalue weighted by molar-refractivity contribution is -0.186. The molecule has 4 amide bonds. The summed E-state index contributed by atoms with van der Waals surface area (Å²) in [7, 11) is 2.11. The maximum absolute atomic E-state index is 14.7. The topological polar surface area (TPSA) is 186 Å². The van der Waals surface area contributed by atoms with Crippen molar-refractivity contribution in [1.29, 1.82) is 0 Å². The van der Waals surface area contributed by atoms with Crippen molar-refractivity contribution < 1.29 is 47.7 Å². The van der Waals surface area contributed by atoms with E-state index in [0.29, 0.717) is 37.7 Å². The van der Waals surface area contributed by atoms with Crippen LogP contribution in [0.4, 0.5) is 4.39 Å².